The first-order valence-electron chi connectivity index (χ1n) is 10.1. The minimum absolute atomic E-state index is 0.191. The lowest BCUT2D eigenvalue weighted by Gasteiger charge is -2.35. The Bertz CT molecular complexity index is 857. The third-order valence-electron chi connectivity index (χ3n) is 4.87. The van der Waals surface area contributed by atoms with Crippen LogP contribution in [0.1, 0.15) is 19.4 Å². The largest absolute Gasteiger partial charge is 0.462 e. The van der Waals surface area contributed by atoms with E-state index in [9.17, 15) is 9.59 Å². The maximum absolute atomic E-state index is 12.2. The van der Waals surface area contributed by atoms with E-state index in [1.165, 1.54) is 0 Å². The van der Waals surface area contributed by atoms with E-state index in [1.807, 2.05) is 54.6 Å². The Labute approximate surface area is 176 Å². The molecular formula is C22H29N5O3. The summed E-state index contributed by atoms with van der Waals surface area (Å²) in [5.41, 5.74) is 14.3. The molecule has 1 aliphatic rings. The summed E-state index contributed by atoms with van der Waals surface area (Å²) in [6.07, 6.45) is -0.187. The number of para-hydroxylation sites is 1. The Morgan fingerprint density at radius 2 is 1.83 bits per heavy atom. The number of benzene rings is 2. The number of amides is 2. The van der Waals surface area contributed by atoms with Crippen LogP contribution in [0.2, 0.25) is 0 Å². The molecule has 0 aromatic heterocycles. The topological polar surface area (TPSA) is 114 Å². The van der Waals surface area contributed by atoms with E-state index in [4.69, 9.17) is 16.2 Å². The maximum Gasteiger partial charge on any atom is 0.323 e. The maximum atomic E-state index is 12.2. The van der Waals surface area contributed by atoms with Gasteiger partial charge in [0.05, 0.1) is 6.10 Å². The first-order chi connectivity index (χ1) is 14.4. The quantitative estimate of drug-likeness (QED) is 0.599. The second-order valence-corrected chi connectivity index (χ2v) is 7.53. The van der Waals surface area contributed by atoms with E-state index in [0.717, 1.165) is 30.0 Å². The zero-order valence-corrected chi connectivity index (χ0v) is 17.3. The normalized spacial score (nSPS) is 17.1. The number of rotatable bonds is 7. The summed E-state index contributed by atoms with van der Waals surface area (Å²) in [4.78, 5) is 27.8. The third kappa shape index (κ3) is 5.08. The van der Waals surface area contributed by atoms with Crippen LogP contribution in [-0.4, -0.2) is 43.5 Å². The van der Waals surface area contributed by atoms with Gasteiger partial charge < -0.3 is 21.1 Å². The van der Waals surface area contributed by atoms with Crippen molar-refractivity contribution in [2.45, 2.75) is 38.7 Å². The highest BCUT2D eigenvalue weighted by molar-refractivity contribution is 5.91. The lowest BCUT2D eigenvalue weighted by molar-refractivity contribution is -0.148. The van der Waals surface area contributed by atoms with Gasteiger partial charge in [0.2, 0.25) is 0 Å². The number of nitrogens with zero attached hydrogens (tertiary/aromatic N) is 2. The van der Waals surface area contributed by atoms with Crippen LogP contribution in [0.5, 0.6) is 0 Å². The number of urea groups is 1. The predicted octanol–water partition coefficient (Wildman–Crippen LogP) is 1.79. The Balaban J connectivity index is 1.73. The molecular weight excluding hydrogens is 382 g/mol. The molecule has 5 N–H and O–H groups in total. The average Bonchev–Trinajstić information content (AvgIpc) is 3.18. The number of primary amides is 1. The summed E-state index contributed by atoms with van der Waals surface area (Å²) in [7, 11) is 0. The smallest absolute Gasteiger partial charge is 0.323 e. The number of hydrogen-bond donors (Lipinski definition) is 3. The molecule has 1 saturated heterocycles. The highest BCUT2D eigenvalue weighted by atomic mass is 16.5. The van der Waals surface area contributed by atoms with Crippen LogP contribution < -0.4 is 26.6 Å². The fourth-order valence-corrected chi connectivity index (χ4v) is 3.51. The van der Waals surface area contributed by atoms with E-state index < -0.39 is 18.0 Å². The fourth-order valence-electron chi connectivity index (χ4n) is 3.51. The van der Waals surface area contributed by atoms with Crippen molar-refractivity contribution in [2.75, 3.05) is 22.9 Å². The molecule has 1 aliphatic heterocycles. The molecule has 0 bridgehead atoms. The van der Waals surface area contributed by atoms with Crippen LogP contribution >= 0.6 is 0 Å². The van der Waals surface area contributed by atoms with E-state index >= 15 is 0 Å². The van der Waals surface area contributed by atoms with Crippen molar-refractivity contribution in [1.29, 1.82) is 0 Å². The molecule has 8 heteroatoms. The SMILES string of the molecule is CC(C)OC(=O)[C@@H](N)Cc1ccc(N2CCNC2N(C(N)=O)c2ccccc2)cc1. The van der Waals surface area contributed by atoms with Gasteiger partial charge in [-0.25, -0.2) is 4.79 Å². The highest BCUT2D eigenvalue weighted by Gasteiger charge is 2.33. The Morgan fingerprint density at radius 1 is 1.17 bits per heavy atom. The average molecular weight is 412 g/mol. The Kier molecular flexibility index (Phi) is 6.91. The Hall–Kier alpha value is -3.10. The lowest BCUT2D eigenvalue weighted by Crippen LogP contribution is -2.55. The summed E-state index contributed by atoms with van der Waals surface area (Å²) in [5, 5.41) is 3.33. The van der Waals surface area contributed by atoms with Crippen LogP contribution in [0.4, 0.5) is 16.2 Å². The summed E-state index contributed by atoms with van der Waals surface area (Å²) in [6.45, 7) is 5.03. The van der Waals surface area contributed by atoms with Gasteiger partial charge in [-0.2, -0.15) is 0 Å². The standard InChI is InChI=1S/C22H29N5O3/c1-15(2)30-20(28)19(23)14-16-8-10-17(11-9-16)26-13-12-25-22(26)27(21(24)29)18-6-4-3-5-7-18/h3-11,15,19,22,25H,12-14,23H2,1-2H3,(H2,24,29)/t19-,22?/m0/s1. The summed E-state index contributed by atoms with van der Waals surface area (Å²) in [6, 6.07) is 15.9. The molecule has 2 aromatic carbocycles. The summed E-state index contributed by atoms with van der Waals surface area (Å²) >= 11 is 0. The van der Waals surface area contributed by atoms with Crippen molar-refractivity contribution in [3.8, 4) is 0 Å². The van der Waals surface area contributed by atoms with Gasteiger partial charge in [-0.15, -0.1) is 0 Å². The summed E-state index contributed by atoms with van der Waals surface area (Å²) < 4.78 is 5.16. The van der Waals surface area contributed by atoms with Crippen molar-refractivity contribution in [1.82, 2.24) is 5.32 Å². The van der Waals surface area contributed by atoms with Crippen LogP contribution in [-0.2, 0) is 16.0 Å². The van der Waals surface area contributed by atoms with Gasteiger partial charge in [-0.1, -0.05) is 30.3 Å². The monoisotopic (exact) mass is 411 g/mol. The summed E-state index contributed by atoms with van der Waals surface area (Å²) in [5.74, 6) is -0.405. The van der Waals surface area contributed by atoms with Crippen LogP contribution in [0.3, 0.4) is 0 Å². The molecule has 1 heterocycles. The van der Waals surface area contributed by atoms with Crippen molar-refractivity contribution in [3.63, 3.8) is 0 Å². The first-order valence-corrected chi connectivity index (χ1v) is 10.1. The molecule has 0 radical (unpaired) electrons. The minimum atomic E-state index is -0.706. The fraction of sp³-hybridized carbons (Fsp3) is 0.364. The van der Waals surface area contributed by atoms with Gasteiger partial charge in [0.25, 0.3) is 0 Å². The molecule has 3 rings (SSSR count). The number of ether oxygens (including phenoxy) is 1. The second-order valence-electron chi connectivity index (χ2n) is 7.53. The van der Waals surface area contributed by atoms with Gasteiger partial charge in [-0.05, 0) is 50.1 Å². The molecule has 2 atom stereocenters. The first kappa shape index (κ1) is 21.6. The van der Waals surface area contributed by atoms with Gasteiger partial charge in [0.15, 0.2) is 6.29 Å². The number of esters is 1. The molecule has 1 unspecified atom stereocenters. The number of carbonyl (C=O) groups is 2. The lowest BCUT2D eigenvalue weighted by atomic mass is 10.1. The van der Waals surface area contributed by atoms with E-state index in [1.54, 1.807) is 18.7 Å². The number of nitrogens with two attached hydrogens (primary N) is 2. The van der Waals surface area contributed by atoms with Gasteiger partial charge in [-0.3, -0.25) is 15.0 Å². The van der Waals surface area contributed by atoms with Crippen LogP contribution in [0.15, 0.2) is 54.6 Å². The highest BCUT2D eigenvalue weighted by Crippen LogP contribution is 2.25. The molecule has 0 aliphatic carbocycles. The molecule has 2 aromatic rings. The molecule has 8 nitrogen and oxygen atoms in total. The van der Waals surface area contributed by atoms with E-state index in [0.29, 0.717) is 6.42 Å². The van der Waals surface area contributed by atoms with Crippen molar-refractivity contribution in [2.24, 2.45) is 11.5 Å². The number of carbonyl (C=O) groups excluding carboxylic acids is 2. The number of hydrogen-bond acceptors (Lipinski definition) is 6. The van der Waals surface area contributed by atoms with Crippen molar-refractivity contribution < 1.29 is 14.3 Å². The van der Waals surface area contributed by atoms with Crippen LogP contribution in [0.25, 0.3) is 0 Å². The minimum Gasteiger partial charge on any atom is -0.462 e. The van der Waals surface area contributed by atoms with Gasteiger partial charge in [0.1, 0.15) is 6.04 Å². The second kappa shape index (κ2) is 9.60. The third-order valence-corrected chi connectivity index (χ3v) is 4.87. The molecule has 30 heavy (non-hydrogen) atoms. The zero-order valence-electron chi connectivity index (χ0n) is 17.3. The van der Waals surface area contributed by atoms with E-state index in [-0.39, 0.29) is 12.4 Å². The van der Waals surface area contributed by atoms with Gasteiger partial charge >= 0.3 is 12.0 Å². The number of anilines is 2. The molecule has 0 spiro atoms. The van der Waals surface area contributed by atoms with Gasteiger partial charge in [0, 0.05) is 24.5 Å². The molecule has 0 saturated carbocycles. The molecule has 2 amide bonds. The van der Waals surface area contributed by atoms with Crippen molar-refractivity contribution >= 4 is 23.4 Å². The van der Waals surface area contributed by atoms with Crippen LogP contribution in [0, 0.1) is 0 Å². The predicted molar refractivity (Wildman–Crippen MR) is 117 cm³/mol. The molecule has 160 valence electrons. The van der Waals surface area contributed by atoms with E-state index in [2.05, 4.69) is 10.2 Å². The molecule has 1 fully saturated rings. The number of nitrogens with one attached hydrogen (secondary N) is 1. The zero-order chi connectivity index (χ0) is 21.7. The Morgan fingerprint density at radius 3 is 2.43 bits per heavy atom. The van der Waals surface area contributed by atoms with Crippen molar-refractivity contribution in [3.05, 3.63) is 60.2 Å².